The van der Waals surface area contributed by atoms with Crippen molar-refractivity contribution in [3.8, 4) is 17.9 Å². The van der Waals surface area contributed by atoms with Gasteiger partial charge in [0.2, 0.25) is 0 Å². The van der Waals surface area contributed by atoms with Crippen LogP contribution in [-0.4, -0.2) is 13.2 Å². The maximum Gasteiger partial charge on any atom is 0.119 e. The van der Waals surface area contributed by atoms with Crippen LogP contribution in [0.3, 0.4) is 0 Å². The standard InChI is InChI=1S/C22H24N2O2/c23-15-13-19-5-4-6-21(10-7-19)25-17-2-1-3-18-26-22-11-8-20(9-12-22)14-16-24/h4,6-12H,1-3,5,13-14,17-18H2. The van der Waals surface area contributed by atoms with Gasteiger partial charge in [-0.05, 0) is 55.5 Å². The zero-order valence-electron chi connectivity index (χ0n) is 15.0. The molecule has 4 nitrogen and oxygen atoms in total. The zero-order valence-corrected chi connectivity index (χ0v) is 15.0. The van der Waals surface area contributed by atoms with Crippen molar-refractivity contribution in [2.24, 2.45) is 0 Å². The molecule has 4 heteroatoms. The van der Waals surface area contributed by atoms with Gasteiger partial charge < -0.3 is 9.47 Å². The van der Waals surface area contributed by atoms with Gasteiger partial charge in [-0.2, -0.15) is 10.5 Å². The first-order chi connectivity index (χ1) is 12.8. The lowest BCUT2D eigenvalue weighted by molar-refractivity contribution is 0.212. The van der Waals surface area contributed by atoms with E-state index in [1.165, 1.54) is 0 Å². The summed E-state index contributed by atoms with van der Waals surface area (Å²) in [6.07, 6.45) is 12.6. The van der Waals surface area contributed by atoms with E-state index >= 15 is 0 Å². The first kappa shape index (κ1) is 19.3. The summed E-state index contributed by atoms with van der Waals surface area (Å²) in [5.74, 6) is 1.70. The summed E-state index contributed by atoms with van der Waals surface area (Å²) in [6.45, 7) is 1.36. The molecular weight excluding hydrogens is 324 g/mol. The highest BCUT2D eigenvalue weighted by atomic mass is 16.5. The van der Waals surface area contributed by atoms with E-state index in [1.54, 1.807) is 0 Å². The van der Waals surface area contributed by atoms with E-state index in [0.717, 1.165) is 48.3 Å². The van der Waals surface area contributed by atoms with Gasteiger partial charge in [-0.3, -0.25) is 0 Å². The Kier molecular flexibility index (Phi) is 8.60. The van der Waals surface area contributed by atoms with Crippen LogP contribution in [-0.2, 0) is 11.2 Å². The smallest absolute Gasteiger partial charge is 0.119 e. The first-order valence-corrected chi connectivity index (χ1v) is 8.96. The molecule has 0 heterocycles. The van der Waals surface area contributed by atoms with Gasteiger partial charge in [0.1, 0.15) is 11.5 Å². The number of allylic oxidation sites excluding steroid dienone is 5. The fourth-order valence-electron chi connectivity index (χ4n) is 2.53. The van der Waals surface area contributed by atoms with Crippen LogP contribution in [0.1, 0.15) is 37.7 Å². The minimum absolute atomic E-state index is 0.432. The summed E-state index contributed by atoms with van der Waals surface area (Å²) in [6, 6.07) is 12.0. The average molecular weight is 348 g/mol. The number of hydrogen-bond acceptors (Lipinski definition) is 4. The summed E-state index contributed by atoms with van der Waals surface area (Å²) in [5.41, 5.74) is 2.12. The van der Waals surface area contributed by atoms with Crippen molar-refractivity contribution in [2.45, 2.75) is 38.5 Å². The molecule has 0 radical (unpaired) electrons. The molecule has 1 aliphatic rings. The third-order valence-electron chi connectivity index (χ3n) is 3.98. The summed E-state index contributed by atoms with van der Waals surface area (Å²) >= 11 is 0. The van der Waals surface area contributed by atoms with Crippen molar-refractivity contribution in [3.63, 3.8) is 0 Å². The molecule has 0 bridgehead atoms. The summed E-state index contributed by atoms with van der Waals surface area (Å²) in [5, 5.41) is 17.4. The molecule has 134 valence electrons. The van der Waals surface area contributed by atoms with Crippen LogP contribution in [0.25, 0.3) is 0 Å². The van der Waals surface area contributed by atoms with Gasteiger partial charge in [-0.1, -0.05) is 29.9 Å². The van der Waals surface area contributed by atoms with Gasteiger partial charge in [-0.15, -0.1) is 0 Å². The molecule has 0 spiro atoms. The third-order valence-corrected chi connectivity index (χ3v) is 3.98. The van der Waals surface area contributed by atoms with Crippen LogP contribution >= 0.6 is 0 Å². The topological polar surface area (TPSA) is 66.0 Å². The summed E-state index contributed by atoms with van der Waals surface area (Å²) < 4.78 is 11.5. The lowest BCUT2D eigenvalue weighted by Gasteiger charge is -2.08. The molecule has 1 aromatic carbocycles. The van der Waals surface area contributed by atoms with E-state index in [2.05, 4.69) is 12.1 Å². The van der Waals surface area contributed by atoms with Crippen LogP contribution in [0.4, 0.5) is 0 Å². The van der Waals surface area contributed by atoms with Crippen molar-refractivity contribution in [3.05, 3.63) is 65.5 Å². The maximum atomic E-state index is 8.74. The number of hydrogen-bond donors (Lipinski definition) is 0. The summed E-state index contributed by atoms with van der Waals surface area (Å²) in [7, 11) is 0. The second-order valence-corrected chi connectivity index (χ2v) is 6.07. The van der Waals surface area contributed by atoms with Crippen molar-refractivity contribution in [1.29, 1.82) is 10.5 Å². The molecule has 0 aliphatic heterocycles. The van der Waals surface area contributed by atoms with Gasteiger partial charge in [-0.25, -0.2) is 0 Å². The first-order valence-electron chi connectivity index (χ1n) is 8.96. The Balaban J connectivity index is 1.57. The van der Waals surface area contributed by atoms with Crippen molar-refractivity contribution >= 4 is 0 Å². The molecule has 0 fully saturated rings. The molecule has 0 atom stereocenters. The quantitative estimate of drug-likeness (QED) is 0.558. The fraction of sp³-hybridized carbons (Fsp3) is 0.364. The second-order valence-electron chi connectivity index (χ2n) is 6.07. The van der Waals surface area contributed by atoms with Crippen LogP contribution in [0.15, 0.2) is 59.9 Å². The third kappa shape index (κ3) is 7.28. The minimum Gasteiger partial charge on any atom is -0.494 e. The molecular formula is C22H24N2O2. The number of unbranched alkanes of at least 4 members (excludes halogenated alkanes) is 2. The van der Waals surface area contributed by atoms with Gasteiger partial charge in [0, 0.05) is 0 Å². The van der Waals surface area contributed by atoms with Gasteiger partial charge in [0.05, 0.1) is 38.2 Å². The number of nitriles is 2. The van der Waals surface area contributed by atoms with E-state index < -0.39 is 0 Å². The van der Waals surface area contributed by atoms with E-state index in [9.17, 15) is 0 Å². The summed E-state index contributed by atoms with van der Waals surface area (Å²) in [4.78, 5) is 0. The van der Waals surface area contributed by atoms with Gasteiger partial charge in [0.25, 0.3) is 0 Å². The van der Waals surface area contributed by atoms with E-state index in [1.807, 2.05) is 48.6 Å². The van der Waals surface area contributed by atoms with Crippen LogP contribution in [0.5, 0.6) is 5.75 Å². The monoisotopic (exact) mass is 348 g/mol. The lowest BCUT2D eigenvalue weighted by Crippen LogP contribution is -1.99. The Bertz CT molecular complexity index is 731. The molecule has 2 rings (SSSR count). The molecule has 1 aromatic rings. The van der Waals surface area contributed by atoms with Crippen LogP contribution in [0.2, 0.25) is 0 Å². The average Bonchev–Trinajstić information content (AvgIpc) is 2.88. The van der Waals surface area contributed by atoms with E-state index in [4.69, 9.17) is 20.0 Å². The molecule has 0 saturated heterocycles. The number of nitrogens with zero attached hydrogens (tertiary/aromatic N) is 2. The highest BCUT2D eigenvalue weighted by Gasteiger charge is 2.01. The normalized spacial score (nSPS) is 13.0. The molecule has 0 N–H and O–H groups in total. The molecule has 0 aromatic heterocycles. The Labute approximate surface area is 155 Å². The largest absolute Gasteiger partial charge is 0.494 e. The van der Waals surface area contributed by atoms with Gasteiger partial charge in [0.15, 0.2) is 0 Å². The Morgan fingerprint density at radius 2 is 1.58 bits per heavy atom. The molecule has 26 heavy (non-hydrogen) atoms. The number of rotatable bonds is 10. The van der Waals surface area contributed by atoms with Crippen molar-refractivity contribution in [1.82, 2.24) is 0 Å². The Morgan fingerprint density at radius 3 is 2.31 bits per heavy atom. The SMILES string of the molecule is N#CCC1=CC=C(OCCCCCOc2ccc(CC#N)cc2)C=CC1. The minimum atomic E-state index is 0.432. The van der Waals surface area contributed by atoms with Crippen LogP contribution in [0, 0.1) is 22.7 Å². The Hall–Kier alpha value is -2.98. The fourth-order valence-corrected chi connectivity index (χ4v) is 2.53. The van der Waals surface area contributed by atoms with E-state index in [-0.39, 0.29) is 0 Å². The van der Waals surface area contributed by atoms with Gasteiger partial charge >= 0.3 is 0 Å². The molecule has 0 unspecified atom stereocenters. The highest BCUT2D eigenvalue weighted by Crippen LogP contribution is 2.15. The zero-order chi connectivity index (χ0) is 18.5. The predicted molar refractivity (Wildman–Crippen MR) is 101 cm³/mol. The number of ether oxygens (including phenoxy) is 2. The highest BCUT2D eigenvalue weighted by molar-refractivity contribution is 5.29. The van der Waals surface area contributed by atoms with Crippen molar-refractivity contribution in [2.75, 3.05) is 13.2 Å². The van der Waals surface area contributed by atoms with E-state index in [0.29, 0.717) is 26.1 Å². The van der Waals surface area contributed by atoms with Crippen LogP contribution < -0.4 is 4.74 Å². The Morgan fingerprint density at radius 1 is 0.846 bits per heavy atom. The van der Waals surface area contributed by atoms with Crippen molar-refractivity contribution < 1.29 is 9.47 Å². The maximum absolute atomic E-state index is 8.74. The lowest BCUT2D eigenvalue weighted by atomic mass is 10.1. The molecule has 1 aliphatic carbocycles. The predicted octanol–water partition coefficient (Wildman–Crippen LogP) is 5.00. The molecule has 0 amide bonds. The number of benzene rings is 1. The second kappa shape index (κ2) is 11.6. The molecule has 0 saturated carbocycles.